The molecule has 230 valence electrons. The number of aromatic nitrogens is 1. The molecule has 2 nitrogen and oxygen atoms in total. The third-order valence-corrected chi connectivity index (χ3v) is 10.3. The van der Waals surface area contributed by atoms with E-state index >= 15 is 0 Å². The normalized spacial score (nSPS) is 13.2. The van der Waals surface area contributed by atoms with Crippen LogP contribution < -0.4 is 4.74 Å². The fourth-order valence-corrected chi connectivity index (χ4v) is 8.30. The zero-order valence-electron chi connectivity index (χ0n) is 26.8. The standard InChI is InChI=1S/C47H31NO/c1-4-16-34(17-5-1)47(35-18-6-2-7-19-35)39-24-12-13-26-43(39)49-44-30-28-33(31-40(44)47)38-23-14-25-41-46(38)45-37-22-11-10-15-32(37)27-29-42(45)48(41)36-20-8-3-9-21-36/h1-31H. The van der Waals surface area contributed by atoms with Gasteiger partial charge in [0.15, 0.2) is 0 Å². The number of hydrogen-bond donors (Lipinski definition) is 0. The number of ether oxygens (including phenoxy) is 1. The van der Waals surface area contributed by atoms with Crippen molar-refractivity contribution in [3.05, 3.63) is 210 Å². The summed E-state index contributed by atoms with van der Waals surface area (Å²) in [6, 6.07) is 67.8. The van der Waals surface area contributed by atoms with Crippen molar-refractivity contribution in [2.24, 2.45) is 0 Å². The van der Waals surface area contributed by atoms with E-state index in [-0.39, 0.29) is 0 Å². The van der Waals surface area contributed by atoms with Crippen molar-refractivity contribution >= 4 is 32.6 Å². The minimum atomic E-state index is -0.582. The molecular weight excluding hydrogens is 595 g/mol. The third kappa shape index (κ3) is 4.01. The van der Waals surface area contributed by atoms with E-state index in [0.717, 1.165) is 33.9 Å². The molecule has 1 aliphatic heterocycles. The van der Waals surface area contributed by atoms with Crippen LogP contribution in [0.4, 0.5) is 0 Å². The molecule has 0 fully saturated rings. The Morgan fingerprint density at radius 1 is 0.429 bits per heavy atom. The quantitative estimate of drug-likeness (QED) is 0.190. The van der Waals surface area contributed by atoms with Crippen LogP contribution >= 0.6 is 0 Å². The van der Waals surface area contributed by atoms with Crippen LogP contribution in [0.25, 0.3) is 49.4 Å². The van der Waals surface area contributed by atoms with E-state index < -0.39 is 5.41 Å². The topological polar surface area (TPSA) is 14.2 Å². The molecule has 10 rings (SSSR count). The van der Waals surface area contributed by atoms with Crippen molar-refractivity contribution in [3.8, 4) is 28.3 Å². The maximum Gasteiger partial charge on any atom is 0.132 e. The van der Waals surface area contributed by atoms with Gasteiger partial charge in [0.2, 0.25) is 0 Å². The fourth-order valence-electron chi connectivity index (χ4n) is 8.30. The molecule has 1 aliphatic rings. The van der Waals surface area contributed by atoms with E-state index in [2.05, 4.69) is 193 Å². The highest BCUT2D eigenvalue weighted by molar-refractivity contribution is 6.25. The number of fused-ring (bicyclic) bond motifs is 7. The maximum absolute atomic E-state index is 6.74. The van der Waals surface area contributed by atoms with E-state index in [4.69, 9.17) is 4.74 Å². The Morgan fingerprint density at radius 2 is 1.06 bits per heavy atom. The van der Waals surface area contributed by atoms with Gasteiger partial charge in [-0.3, -0.25) is 0 Å². The molecule has 0 saturated heterocycles. The Hall–Kier alpha value is -6.38. The van der Waals surface area contributed by atoms with Crippen LogP contribution in [0.3, 0.4) is 0 Å². The zero-order chi connectivity index (χ0) is 32.4. The fraction of sp³-hybridized carbons (Fsp3) is 0.0213. The number of benzene rings is 8. The lowest BCUT2D eigenvalue weighted by molar-refractivity contribution is 0.434. The highest BCUT2D eigenvalue weighted by Crippen LogP contribution is 2.56. The summed E-state index contributed by atoms with van der Waals surface area (Å²) >= 11 is 0. The lowest BCUT2D eigenvalue weighted by Gasteiger charge is -2.41. The van der Waals surface area contributed by atoms with Crippen molar-refractivity contribution in [1.29, 1.82) is 0 Å². The van der Waals surface area contributed by atoms with Crippen molar-refractivity contribution in [2.45, 2.75) is 5.41 Å². The van der Waals surface area contributed by atoms with Gasteiger partial charge in [-0.25, -0.2) is 0 Å². The molecule has 0 N–H and O–H groups in total. The first-order valence-electron chi connectivity index (χ1n) is 16.9. The van der Waals surface area contributed by atoms with E-state index in [1.807, 2.05) is 0 Å². The summed E-state index contributed by atoms with van der Waals surface area (Å²) in [5.74, 6) is 1.76. The predicted molar refractivity (Wildman–Crippen MR) is 202 cm³/mol. The average Bonchev–Trinajstić information content (AvgIpc) is 3.53. The first-order valence-corrected chi connectivity index (χ1v) is 16.9. The van der Waals surface area contributed by atoms with Crippen LogP contribution in [0.15, 0.2) is 188 Å². The molecule has 0 aliphatic carbocycles. The van der Waals surface area contributed by atoms with E-state index in [1.165, 1.54) is 49.3 Å². The minimum Gasteiger partial charge on any atom is -0.457 e. The van der Waals surface area contributed by atoms with Gasteiger partial charge < -0.3 is 9.30 Å². The molecule has 9 aromatic rings. The van der Waals surface area contributed by atoms with Crippen LogP contribution in [-0.2, 0) is 5.41 Å². The molecule has 0 radical (unpaired) electrons. The second kappa shape index (κ2) is 10.8. The molecule has 0 bridgehead atoms. The Morgan fingerprint density at radius 3 is 1.84 bits per heavy atom. The average molecular weight is 626 g/mol. The van der Waals surface area contributed by atoms with Crippen LogP contribution in [-0.4, -0.2) is 4.57 Å². The van der Waals surface area contributed by atoms with Gasteiger partial charge in [0.25, 0.3) is 0 Å². The van der Waals surface area contributed by atoms with Crippen molar-refractivity contribution in [3.63, 3.8) is 0 Å². The van der Waals surface area contributed by atoms with E-state index in [9.17, 15) is 0 Å². The van der Waals surface area contributed by atoms with Crippen LogP contribution in [0.5, 0.6) is 11.5 Å². The Kier molecular flexibility index (Phi) is 6.13. The summed E-state index contributed by atoms with van der Waals surface area (Å²) in [5.41, 5.74) is 10.0. The summed E-state index contributed by atoms with van der Waals surface area (Å²) in [6.07, 6.45) is 0. The monoisotopic (exact) mass is 625 g/mol. The largest absolute Gasteiger partial charge is 0.457 e. The van der Waals surface area contributed by atoms with Crippen LogP contribution in [0, 0.1) is 0 Å². The molecule has 8 aromatic carbocycles. The van der Waals surface area contributed by atoms with Crippen molar-refractivity contribution in [2.75, 3.05) is 0 Å². The second-order valence-corrected chi connectivity index (χ2v) is 12.8. The predicted octanol–water partition coefficient (Wildman–Crippen LogP) is 12.1. The van der Waals surface area contributed by atoms with Crippen LogP contribution in [0.1, 0.15) is 22.3 Å². The van der Waals surface area contributed by atoms with Gasteiger partial charge in [-0.05, 0) is 75.5 Å². The lowest BCUT2D eigenvalue weighted by atomic mass is 9.63. The number of para-hydroxylation sites is 2. The summed E-state index contributed by atoms with van der Waals surface area (Å²) in [6.45, 7) is 0. The second-order valence-electron chi connectivity index (χ2n) is 12.8. The van der Waals surface area contributed by atoms with Crippen molar-refractivity contribution < 1.29 is 4.74 Å². The molecule has 1 aromatic heterocycles. The Labute approximate surface area is 285 Å². The van der Waals surface area contributed by atoms with Crippen LogP contribution in [0.2, 0.25) is 0 Å². The first kappa shape index (κ1) is 27.7. The third-order valence-electron chi connectivity index (χ3n) is 10.3. The molecule has 49 heavy (non-hydrogen) atoms. The summed E-state index contributed by atoms with van der Waals surface area (Å²) < 4.78 is 9.15. The van der Waals surface area contributed by atoms with Gasteiger partial charge in [-0.1, -0.05) is 146 Å². The number of rotatable bonds is 4. The highest BCUT2D eigenvalue weighted by atomic mass is 16.5. The molecule has 0 atom stereocenters. The minimum absolute atomic E-state index is 0.582. The van der Waals surface area contributed by atoms with Crippen molar-refractivity contribution in [1.82, 2.24) is 4.57 Å². The first-order chi connectivity index (χ1) is 24.3. The Bertz CT molecular complexity index is 2630. The summed E-state index contributed by atoms with van der Waals surface area (Å²) in [4.78, 5) is 0. The van der Waals surface area contributed by atoms with Gasteiger partial charge in [0.1, 0.15) is 11.5 Å². The van der Waals surface area contributed by atoms with E-state index in [0.29, 0.717) is 0 Å². The number of hydrogen-bond acceptors (Lipinski definition) is 1. The summed E-state index contributed by atoms with van der Waals surface area (Å²) in [5, 5.41) is 5.01. The molecular formula is C47H31NO. The van der Waals surface area contributed by atoms with Gasteiger partial charge >= 0.3 is 0 Å². The molecule has 2 heteroatoms. The number of nitrogens with zero attached hydrogens (tertiary/aromatic N) is 1. The summed E-state index contributed by atoms with van der Waals surface area (Å²) in [7, 11) is 0. The zero-order valence-corrected chi connectivity index (χ0v) is 26.8. The van der Waals surface area contributed by atoms with Gasteiger partial charge in [0, 0.05) is 27.6 Å². The van der Waals surface area contributed by atoms with Gasteiger partial charge in [0.05, 0.1) is 16.4 Å². The SMILES string of the molecule is c1ccc(-n2c3cccc(-c4ccc5c(c4)C(c4ccccc4)(c4ccccc4)c4ccccc4O5)c3c3c4ccccc4ccc32)cc1. The molecule has 2 heterocycles. The van der Waals surface area contributed by atoms with E-state index in [1.54, 1.807) is 0 Å². The molecule has 0 saturated carbocycles. The van der Waals surface area contributed by atoms with Gasteiger partial charge in [-0.2, -0.15) is 0 Å². The lowest BCUT2D eigenvalue weighted by Crippen LogP contribution is -2.34. The molecule has 0 amide bonds. The van der Waals surface area contributed by atoms with Gasteiger partial charge in [-0.15, -0.1) is 0 Å². The molecule has 0 spiro atoms. The molecule has 0 unspecified atom stereocenters. The maximum atomic E-state index is 6.74. The Balaban J connectivity index is 1.32. The smallest absolute Gasteiger partial charge is 0.132 e. The highest BCUT2D eigenvalue weighted by Gasteiger charge is 2.45.